The fraction of sp³-hybridized carbons (Fsp3) is 0.111. The van der Waals surface area contributed by atoms with Crippen LogP contribution in [0.15, 0.2) is 54.6 Å². The molecule has 1 heterocycles. The van der Waals surface area contributed by atoms with Crippen molar-refractivity contribution in [3.8, 4) is 29.3 Å². The minimum absolute atomic E-state index is 0.447. The van der Waals surface area contributed by atoms with Crippen LogP contribution in [-0.2, 0) is 0 Å². The number of nitrogens with one attached hydrogen (secondary N) is 1. The van der Waals surface area contributed by atoms with E-state index in [2.05, 4.69) is 22.9 Å². The molecule has 6 heteroatoms. The molecule has 0 bridgehead atoms. The third-order valence-corrected chi connectivity index (χ3v) is 5.95. The van der Waals surface area contributed by atoms with Crippen LogP contribution in [-0.4, -0.2) is 20.7 Å². The summed E-state index contributed by atoms with van der Waals surface area (Å²) in [6, 6.07) is 19.0. The second kappa shape index (κ2) is 7.80. The molecule has 0 atom stereocenters. The van der Waals surface area contributed by atoms with Gasteiger partial charge in [-0.3, -0.25) is 0 Å². The van der Waals surface area contributed by atoms with E-state index in [9.17, 15) is 10.4 Å². The monoisotopic (exact) mass is 469 g/mol. The number of nitriles is 1. The van der Waals surface area contributed by atoms with Crippen LogP contribution < -0.4 is 0 Å². The Kier molecular flexibility index (Phi) is 5.04. The van der Waals surface area contributed by atoms with Gasteiger partial charge in [0.1, 0.15) is 11.4 Å². The molecule has 0 aliphatic carbocycles. The molecule has 0 radical (unpaired) electrons. The average molecular weight is 470 g/mol. The fourth-order valence-corrected chi connectivity index (χ4v) is 4.41. The number of halogens is 2. The lowest BCUT2D eigenvalue weighted by Crippen LogP contribution is -2.14. The van der Waals surface area contributed by atoms with Gasteiger partial charge in [-0.05, 0) is 61.0 Å². The lowest BCUT2D eigenvalue weighted by Gasteiger charge is -2.08. The lowest BCUT2D eigenvalue weighted by atomic mass is 9.98. The van der Waals surface area contributed by atoms with Crippen molar-refractivity contribution in [2.45, 2.75) is 19.4 Å². The predicted octanol–water partition coefficient (Wildman–Crippen LogP) is 6.84. The Balaban J connectivity index is 1.87. The Morgan fingerprint density at radius 2 is 1.73 bits per heavy atom. The highest BCUT2D eigenvalue weighted by Gasteiger charge is 2.18. The summed E-state index contributed by atoms with van der Waals surface area (Å²) in [5.41, 5.74) is 2.31. The van der Waals surface area contributed by atoms with Crippen LogP contribution in [0.3, 0.4) is 0 Å². The molecule has 0 saturated heterocycles. The van der Waals surface area contributed by atoms with Crippen molar-refractivity contribution in [1.29, 1.82) is 5.26 Å². The Hall–Kier alpha value is -3.54. The summed E-state index contributed by atoms with van der Waals surface area (Å²) < 4.78 is 0. The van der Waals surface area contributed by atoms with Gasteiger partial charge in [0.2, 0.25) is 0 Å². The number of H-pyrrole nitrogens is 1. The first-order chi connectivity index (χ1) is 15.7. The molecule has 0 amide bonds. The summed E-state index contributed by atoms with van der Waals surface area (Å²) in [5.74, 6) is 6.43. The van der Waals surface area contributed by atoms with Gasteiger partial charge in [-0.25, -0.2) is 4.98 Å². The standard InChI is InChI=1S/C27H17Cl2N3O/c1-27(2,33)11-10-15-6-8-18-20(12-15)21-13-17(28)7-9-19(21)25-24(18)31-26(32-25)23-16(14-30)4-3-5-22(23)29/h3-9,12-13,33H,1-2H3,(H,31,32). The maximum absolute atomic E-state index is 9.98. The highest BCUT2D eigenvalue weighted by atomic mass is 35.5. The second-order valence-corrected chi connectivity index (χ2v) is 9.19. The van der Waals surface area contributed by atoms with Gasteiger partial charge in [0.05, 0.1) is 33.3 Å². The van der Waals surface area contributed by atoms with Gasteiger partial charge in [-0.1, -0.05) is 53.2 Å². The molecule has 0 aliphatic heterocycles. The summed E-state index contributed by atoms with van der Waals surface area (Å²) in [6.45, 7) is 3.30. The van der Waals surface area contributed by atoms with E-state index in [0.29, 0.717) is 27.0 Å². The molecule has 33 heavy (non-hydrogen) atoms. The van der Waals surface area contributed by atoms with Crippen molar-refractivity contribution in [2.75, 3.05) is 0 Å². The summed E-state index contributed by atoms with van der Waals surface area (Å²) in [4.78, 5) is 8.25. The molecule has 1 aromatic heterocycles. The van der Waals surface area contributed by atoms with Crippen LogP contribution in [0.1, 0.15) is 25.0 Å². The topological polar surface area (TPSA) is 72.7 Å². The molecule has 0 aliphatic rings. The van der Waals surface area contributed by atoms with Gasteiger partial charge in [0, 0.05) is 21.4 Å². The average Bonchev–Trinajstić information content (AvgIpc) is 3.22. The molecule has 5 aromatic rings. The molecule has 0 unspecified atom stereocenters. The van der Waals surface area contributed by atoms with E-state index < -0.39 is 5.60 Å². The van der Waals surface area contributed by atoms with Gasteiger partial charge in [-0.2, -0.15) is 5.26 Å². The van der Waals surface area contributed by atoms with E-state index in [1.807, 2.05) is 36.4 Å². The van der Waals surface area contributed by atoms with E-state index in [1.165, 1.54) is 0 Å². The summed E-state index contributed by atoms with van der Waals surface area (Å²) in [7, 11) is 0. The van der Waals surface area contributed by atoms with Crippen LogP contribution >= 0.6 is 23.2 Å². The van der Waals surface area contributed by atoms with Gasteiger partial charge >= 0.3 is 0 Å². The van der Waals surface area contributed by atoms with Gasteiger partial charge in [0.25, 0.3) is 0 Å². The molecule has 0 fully saturated rings. The summed E-state index contributed by atoms with van der Waals surface area (Å²) in [5, 5.41) is 24.4. The quantitative estimate of drug-likeness (QED) is 0.208. The van der Waals surface area contributed by atoms with Crippen molar-refractivity contribution in [3.05, 3.63) is 75.8 Å². The zero-order valence-corrected chi connectivity index (χ0v) is 19.3. The molecular weight excluding hydrogens is 453 g/mol. The number of benzene rings is 4. The molecule has 0 spiro atoms. The van der Waals surface area contributed by atoms with Crippen LogP contribution in [0.25, 0.3) is 44.0 Å². The number of nitrogens with zero attached hydrogens (tertiary/aromatic N) is 2. The van der Waals surface area contributed by atoms with Gasteiger partial charge in [0.15, 0.2) is 0 Å². The highest BCUT2D eigenvalue weighted by Crippen LogP contribution is 2.38. The molecule has 2 N–H and O–H groups in total. The highest BCUT2D eigenvalue weighted by molar-refractivity contribution is 6.34. The fourth-order valence-electron chi connectivity index (χ4n) is 3.97. The number of aliphatic hydroxyl groups is 1. The van der Waals surface area contributed by atoms with Crippen molar-refractivity contribution in [2.24, 2.45) is 0 Å². The Labute approximate surface area is 200 Å². The summed E-state index contributed by atoms with van der Waals surface area (Å²) in [6.07, 6.45) is 0. The Morgan fingerprint density at radius 3 is 2.48 bits per heavy atom. The number of imidazole rings is 1. The van der Waals surface area contributed by atoms with E-state index in [4.69, 9.17) is 28.2 Å². The first-order valence-corrected chi connectivity index (χ1v) is 11.0. The number of aromatic amines is 1. The SMILES string of the molecule is CC(C)(O)C#Cc1ccc2c(c1)c1cc(Cl)ccc1c1nc(-c3c(Cl)cccc3C#N)[nH]c21. The summed E-state index contributed by atoms with van der Waals surface area (Å²) >= 11 is 12.8. The van der Waals surface area contributed by atoms with Crippen LogP contribution in [0, 0.1) is 23.2 Å². The van der Waals surface area contributed by atoms with Crippen molar-refractivity contribution in [3.63, 3.8) is 0 Å². The molecule has 160 valence electrons. The van der Waals surface area contributed by atoms with E-state index in [0.717, 1.165) is 38.1 Å². The minimum atomic E-state index is -1.09. The number of rotatable bonds is 1. The third kappa shape index (κ3) is 3.80. The van der Waals surface area contributed by atoms with Crippen LogP contribution in [0.4, 0.5) is 0 Å². The predicted molar refractivity (Wildman–Crippen MR) is 134 cm³/mol. The first-order valence-electron chi connectivity index (χ1n) is 10.2. The van der Waals surface area contributed by atoms with Gasteiger partial charge in [-0.15, -0.1) is 0 Å². The maximum Gasteiger partial charge on any atom is 0.141 e. The number of hydrogen-bond donors (Lipinski definition) is 2. The van der Waals surface area contributed by atoms with Crippen molar-refractivity contribution in [1.82, 2.24) is 9.97 Å². The van der Waals surface area contributed by atoms with Crippen LogP contribution in [0.5, 0.6) is 0 Å². The zero-order valence-electron chi connectivity index (χ0n) is 17.8. The van der Waals surface area contributed by atoms with E-state index >= 15 is 0 Å². The number of aromatic nitrogens is 2. The zero-order chi connectivity index (χ0) is 23.3. The van der Waals surface area contributed by atoms with E-state index in [1.54, 1.807) is 32.0 Å². The smallest absolute Gasteiger partial charge is 0.141 e. The first kappa shape index (κ1) is 21.3. The number of hydrogen-bond acceptors (Lipinski definition) is 3. The minimum Gasteiger partial charge on any atom is -0.378 e. The molecule has 4 nitrogen and oxygen atoms in total. The maximum atomic E-state index is 9.98. The van der Waals surface area contributed by atoms with Crippen molar-refractivity contribution < 1.29 is 5.11 Å². The van der Waals surface area contributed by atoms with Crippen molar-refractivity contribution >= 4 is 55.8 Å². The molecule has 4 aromatic carbocycles. The Morgan fingerprint density at radius 1 is 0.970 bits per heavy atom. The molecule has 5 rings (SSSR count). The van der Waals surface area contributed by atoms with Gasteiger partial charge < -0.3 is 10.1 Å². The third-order valence-electron chi connectivity index (χ3n) is 5.40. The van der Waals surface area contributed by atoms with E-state index in [-0.39, 0.29) is 0 Å². The second-order valence-electron chi connectivity index (χ2n) is 8.34. The lowest BCUT2D eigenvalue weighted by molar-refractivity contribution is 0.143. The van der Waals surface area contributed by atoms with Crippen LogP contribution in [0.2, 0.25) is 10.0 Å². The molecular formula is C27H17Cl2N3O. The number of fused-ring (bicyclic) bond motifs is 6. The largest absolute Gasteiger partial charge is 0.378 e. The Bertz CT molecular complexity index is 1690. The normalized spacial score (nSPS) is 11.5. The molecule has 0 saturated carbocycles.